The maximum absolute atomic E-state index is 6.92. The third kappa shape index (κ3) is 4.32. The Morgan fingerprint density at radius 3 is 2.23 bits per heavy atom. The van der Waals surface area contributed by atoms with E-state index in [1.165, 1.54) is 32.1 Å². The summed E-state index contributed by atoms with van der Waals surface area (Å²) in [6.45, 7) is 6.84. The summed E-state index contributed by atoms with van der Waals surface area (Å²) in [6, 6.07) is 3.43. The first kappa shape index (κ1) is 20.6. The van der Waals surface area contributed by atoms with E-state index in [0.29, 0.717) is 10.0 Å². The molecule has 1 aromatic rings. The summed E-state index contributed by atoms with van der Waals surface area (Å²) in [6.07, 6.45) is 11.5. The normalized spacial score (nSPS) is 26.4. The van der Waals surface area contributed by atoms with E-state index in [-0.39, 0.29) is 6.10 Å². The van der Waals surface area contributed by atoms with Crippen LogP contribution >= 0.6 is 23.2 Å². The van der Waals surface area contributed by atoms with Gasteiger partial charge in [-0.2, -0.15) is 0 Å². The number of hydrogen-bond donors (Lipinski definition) is 0. The second kappa shape index (κ2) is 8.94. The minimum Gasteiger partial charge on any atom is -0.410 e. The zero-order valence-corrected chi connectivity index (χ0v) is 19.0. The molecule has 2 aliphatic rings. The Labute approximate surface area is 170 Å². The van der Waals surface area contributed by atoms with Crippen LogP contribution < -0.4 is 0 Å². The van der Waals surface area contributed by atoms with Gasteiger partial charge in [0.2, 0.25) is 0 Å². The molecule has 0 spiro atoms. The molecule has 1 heterocycles. The zero-order chi connectivity index (χ0) is 18.7. The van der Waals surface area contributed by atoms with E-state index >= 15 is 0 Å². The highest BCUT2D eigenvalue weighted by Crippen LogP contribution is 2.51. The Morgan fingerprint density at radius 1 is 1.08 bits per heavy atom. The molecule has 26 heavy (non-hydrogen) atoms. The van der Waals surface area contributed by atoms with Gasteiger partial charge < -0.3 is 4.43 Å². The predicted octanol–water partition coefficient (Wildman–Crippen LogP) is 7.67. The zero-order valence-electron chi connectivity index (χ0n) is 16.4. The fourth-order valence-electron chi connectivity index (χ4n) is 5.39. The monoisotopic (exact) mass is 413 g/mol. The molecule has 5 heteroatoms. The molecular formula is C21H33Cl2NOSi. The fourth-order valence-corrected chi connectivity index (χ4v) is 8.84. The van der Waals surface area contributed by atoms with Gasteiger partial charge in [0.05, 0.1) is 16.1 Å². The average Bonchev–Trinajstić information content (AvgIpc) is 3.27. The molecule has 1 aromatic heterocycles. The van der Waals surface area contributed by atoms with E-state index in [4.69, 9.17) is 27.6 Å². The summed E-state index contributed by atoms with van der Waals surface area (Å²) in [4.78, 5) is 4.14. The van der Waals surface area contributed by atoms with Crippen molar-refractivity contribution in [2.75, 3.05) is 0 Å². The van der Waals surface area contributed by atoms with Crippen molar-refractivity contribution in [3.8, 4) is 0 Å². The molecule has 2 fully saturated rings. The van der Waals surface area contributed by atoms with E-state index in [1.54, 1.807) is 12.4 Å². The quantitative estimate of drug-likeness (QED) is 0.387. The van der Waals surface area contributed by atoms with E-state index < -0.39 is 8.32 Å². The molecule has 4 unspecified atom stereocenters. The smallest absolute Gasteiger partial charge is 0.192 e. The van der Waals surface area contributed by atoms with Crippen LogP contribution in [-0.2, 0) is 4.43 Å². The van der Waals surface area contributed by atoms with Crippen molar-refractivity contribution < 1.29 is 4.43 Å². The lowest BCUT2D eigenvalue weighted by molar-refractivity contribution is 0.159. The van der Waals surface area contributed by atoms with Crippen LogP contribution in [0.2, 0.25) is 28.2 Å². The second-order valence-electron chi connectivity index (χ2n) is 8.38. The van der Waals surface area contributed by atoms with Crippen molar-refractivity contribution in [1.82, 2.24) is 4.98 Å². The van der Waals surface area contributed by atoms with Gasteiger partial charge in [-0.1, -0.05) is 50.4 Å². The maximum Gasteiger partial charge on any atom is 0.192 e. The molecule has 2 saturated carbocycles. The summed E-state index contributed by atoms with van der Waals surface area (Å²) in [5.41, 5.74) is 0.971. The lowest BCUT2D eigenvalue weighted by Crippen LogP contribution is -2.37. The molecule has 0 N–H and O–H groups in total. The minimum absolute atomic E-state index is 0.0173. The van der Waals surface area contributed by atoms with Gasteiger partial charge in [0.15, 0.2) is 8.32 Å². The van der Waals surface area contributed by atoms with Gasteiger partial charge in [-0.25, -0.2) is 0 Å². The van der Waals surface area contributed by atoms with Crippen molar-refractivity contribution in [1.29, 1.82) is 0 Å². The molecule has 3 rings (SSSR count). The van der Waals surface area contributed by atoms with Gasteiger partial charge in [-0.05, 0) is 68.0 Å². The first-order valence-corrected chi connectivity index (χ1v) is 13.8. The summed E-state index contributed by atoms with van der Waals surface area (Å²) in [5, 5.41) is 1.31. The molecule has 4 atom stereocenters. The van der Waals surface area contributed by atoms with Crippen molar-refractivity contribution in [3.05, 3.63) is 28.0 Å². The van der Waals surface area contributed by atoms with Crippen LogP contribution in [0.4, 0.5) is 0 Å². The Hall–Kier alpha value is -0.0931. The largest absolute Gasteiger partial charge is 0.410 e. The molecule has 0 aromatic carbocycles. The molecule has 2 bridgehead atoms. The Bertz CT molecular complexity index is 579. The lowest BCUT2D eigenvalue weighted by atomic mass is 9.84. The van der Waals surface area contributed by atoms with Gasteiger partial charge in [-0.15, -0.1) is 0 Å². The highest BCUT2D eigenvalue weighted by atomic mass is 35.5. The second-order valence-corrected chi connectivity index (χ2v) is 13.9. The highest BCUT2D eigenvalue weighted by molar-refractivity contribution is 6.73. The topological polar surface area (TPSA) is 22.1 Å². The molecule has 0 radical (unpaired) electrons. The molecule has 2 nitrogen and oxygen atoms in total. The van der Waals surface area contributed by atoms with Crippen molar-refractivity contribution in [3.63, 3.8) is 0 Å². The number of rotatable bonds is 9. The Kier molecular flexibility index (Phi) is 7.09. The van der Waals surface area contributed by atoms with Crippen LogP contribution in [0.3, 0.4) is 0 Å². The van der Waals surface area contributed by atoms with Crippen molar-refractivity contribution in [2.45, 2.75) is 83.5 Å². The van der Waals surface area contributed by atoms with Crippen LogP contribution in [0.25, 0.3) is 0 Å². The summed E-state index contributed by atoms with van der Waals surface area (Å²) < 4.78 is 6.92. The molecule has 146 valence electrons. The van der Waals surface area contributed by atoms with Gasteiger partial charge in [0.25, 0.3) is 0 Å². The van der Waals surface area contributed by atoms with E-state index in [9.17, 15) is 0 Å². The van der Waals surface area contributed by atoms with Crippen LogP contribution in [0.15, 0.2) is 12.4 Å². The average molecular weight is 414 g/mol. The maximum atomic E-state index is 6.92. The first-order valence-electron chi connectivity index (χ1n) is 10.5. The van der Waals surface area contributed by atoms with Gasteiger partial charge in [0.1, 0.15) is 0 Å². The van der Waals surface area contributed by atoms with Gasteiger partial charge in [-0.3, -0.25) is 4.98 Å². The number of fused-ring (bicyclic) bond motifs is 2. The van der Waals surface area contributed by atoms with E-state index in [2.05, 4.69) is 25.8 Å². The minimum atomic E-state index is -1.74. The standard InChI is InChI=1S/C21H33Cl2NOSi/c1-4-26(5-2,6-3)25-20(21-18(22)13-24-14-19(21)23)10-9-17-12-15-7-8-16(17)11-15/h13-17,20H,4-12H2,1-3H3. The number of nitrogens with zero attached hydrogens (tertiary/aromatic N) is 1. The molecule has 2 aliphatic carbocycles. The highest BCUT2D eigenvalue weighted by Gasteiger charge is 2.40. The summed E-state index contributed by atoms with van der Waals surface area (Å²) in [7, 11) is -1.74. The summed E-state index contributed by atoms with van der Waals surface area (Å²) >= 11 is 13.1. The number of aromatic nitrogens is 1. The number of hydrogen-bond acceptors (Lipinski definition) is 2. The van der Waals surface area contributed by atoms with Crippen molar-refractivity contribution in [2.24, 2.45) is 17.8 Å². The van der Waals surface area contributed by atoms with Crippen LogP contribution in [-0.4, -0.2) is 13.3 Å². The number of pyridine rings is 1. The number of halogens is 2. The van der Waals surface area contributed by atoms with Gasteiger partial charge in [0, 0.05) is 18.0 Å². The Morgan fingerprint density at radius 2 is 1.73 bits per heavy atom. The molecule has 0 aliphatic heterocycles. The van der Waals surface area contributed by atoms with E-state index in [1.807, 2.05) is 0 Å². The predicted molar refractivity (Wildman–Crippen MR) is 113 cm³/mol. The third-order valence-corrected chi connectivity index (χ3v) is 12.5. The van der Waals surface area contributed by atoms with Crippen LogP contribution in [0.5, 0.6) is 0 Å². The lowest BCUT2D eigenvalue weighted by Gasteiger charge is -2.35. The van der Waals surface area contributed by atoms with Crippen LogP contribution in [0.1, 0.15) is 71.0 Å². The molecule has 0 amide bonds. The van der Waals surface area contributed by atoms with E-state index in [0.717, 1.165) is 47.9 Å². The van der Waals surface area contributed by atoms with Crippen molar-refractivity contribution >= 4 is 31.5 Å². The van der Waals surface area contributed by atoms with Gasteiger partial charge >= 0.3 is 0 Å². The third-order valence-electron chi connectivity index (χ3n) is 7.22. The summed E-state index contributed by atoms with van der Waals surface area (Å²) in [5.74, 6) is 2.82. The fraction of sp³-hybridized carbons (Fsp3) is 0.762. The molecular weight excluding hydrogens is 381 g/mol. The SMILES string of the molecule is CC[Si](CC)(CC)OC(CCC1CC2CCC1C2)c1c(Cl)cncc1Cl. The van der Waals surface area contributed by atoms with Crippen LogP contribution in [0, 0.1) is 17.8 Å². The molecule has 0 saturated heterocycles. The first-order chi connectivity index (χ1) is 12.5. The Balaban J connectivity index is 1.79.